The minimum absolute atomic E-state index is 0.241. The molecule has 0 aliphatic carbocycles. The predicted octanol–water partition coefficient (Wildman–Crippen LogP) is 9.44. The number of carbonyl (C=O) groups excluding carboxylic acids is 1. The van der Waals surface area contributed by atoms with Crippen molar-refractivity contribution in [2.24, 2.45) is 0 Å². The zero-order valence-corrected chi connectivity index (χ0v) is 54.7. The normalized spacial score (nSPS) is 28.5. The second-order valence-electron chi connectivity index (χ2n) is 25.7. The third-order valence-electron chi connectivity index (χ3n) is 18.0. The molecule has 3 rings (SSSR count). The Morgan fingerprint density at radius 2 is 0.727 bits per heavy atom. The summed E-state index contributed by atoms with van der Waals surface area (Å²) in [5.74, 6) is -0.280. The van der Waals surface area contributed by atoms with Crippen LogP contribution in [0, 0.1) is 0 Å². The topological polar surface area (TPSA) is 307 Å². The molecule has 0 radical (unpaired) electrons. The van der Waals surface area contributed by atoms with Gasteiger partial charge in [-0.1, -0.05) is 263 Å². The van der Waals surface area contributed by atoms with E-state index in [9.17, 15) is 61.0 Å². The molecule has 88 heavy (non-hydrogen) atoms. The average molecular weight is 1260 g/mol. The van der Waals surface area contributed by atoms with Crippen molar-refractivity contribution in [3.05, 3.63) is 24.3 Å². The number of aliphatic hydroxyl groups is 11. The fourth-order valence-electron chi connectivity index (χ4n) is 12.2. The monoisotopic (exact) mass is 1260 g/mol. The van der Waals surface area contributed by atoms with Crippen LogP contribution in [0.4, 0.5) is 0 Å². The lowest BCUT2D eigenvalue weighted by Gasteiger charge is -2.48. The number of rotatable bonds is 55. The molecule has 3 heterocycles. The standard InChI is InChI=1S/C69H129NO18/c1-3-5-7-9-11-13-15-17-19-21-22-23-24-25-26-27-28-29-31-33-35-37-39-41-43-45-47-57(75)70-52(53(74)46-44-42-40-38-36-34-32-30-20-18-16-14-12-10-8-6-4-2)51-83-67-63(81)60(78)65(55(49-72)85-67)88-69-64(82)61(79)66(56(50-73)86-69)87-68-62(80)59(77)58(76)54(48-71)84-68/h36,38,44,46,52-56,58-69,71-74,76-82H,3-35,37,39-43,45,47-51H2,1-2H3,(H,70,75)/b38-36+,46-44+. The van der Waals surface area contributed by atoms with Gasteiger partial charge in [0.2, 0.25) is 5.91 Å². The van der Waals surface area contributed by atoms with Gasteiger partial charge in [-0.15, -0.1) is 0 Å². The second kappa shape index (κ2) is 51.7. The van der Waals surface area contributed by atoms with E-state index in [2.05, 4.69) is 31.3 Å². The van der Waals surface area contributed by atoms with E-state index < -0.39 is 124 Å². The van der Waals surface area contributed by atoms with Crippen molar-refractivity contribution in [2.75, 3.05) is 26.4 Å². The number of nitrogens with one attached hydrogen (secondary N) is 1. The zero-order valence-electron chi connectivity index (χ0n) is 54.7. The van der Waals surface area contributed by atoms with E-state index in [0.29, 0.717) is 12.8 Å². The molecule has 19 nitrogen and oxygen atoms in total. The van der Waals surface area contributed by atoms with Gasteiger partial charge in [-0.3, -0.25) is 4.79 Å². The van der Waals surface area contributed by atoms with Gasteiger partial charge in [0.05, 0.1) is 38.6 Å². The molecule has 518 valence electrons. The summed E-state index contributed by atoms with van der Waals surface area (Å²) >= 11 is 0. The smallest absolute Gasteiger partial charge is 0.220 e. The van der Waals surface area contributed by atoms with Gasteiger partial charge in [0.15, 0.2) is 18.9 Å². The number of ether oxygens (including phenoxy) is 6. The first-order valence-electron chi connectivity index (χ1n) is 35.6. The van der Waals surface area contributed by atoms with Gasteiger partial charge < -0.3 is 89.9 Å². The Kier molecular flexibility index (Phi) is 47.3. The quantitative estimate of drug-likeness (QED) is 0.0199. The van der Waals surface area contributed by atoms with Crippen LogP contribution in [-0.2, 0) is 33.2 Å². The third kappa shape index (κ3) is 33.4. The van der Waals surface area contributed by atoms with Gasteiger partial charge in [-0.25, -0.2) is 0 Å². The summed E-state index contributed by atoms with van der Waals surface area (Å²) in [7, 11) is 0. The molecule has 0 spiro atoms. The number of unbranched alkanes of at least 4 members (excludes halogenated alkanes) is 37. The molecule has 17 unspecified atom stereocenters. The van der Waals surface area contributed by atoms with Crippen LogP contribution in [0.25, 0.3) is 0 Å². The largest absolute Gasteiger partial charge is 0.394 e. The minimum atomic E-state index is -1.98. The van der Waals surface area contributed by atoms with Crippen LogP contribution in [0.2, 0.25) is 0 Å². The van der Waals surface area contributed by atoms with Gasteiger partial charge in [0.1, 0.15) is 73.2 Å². The lowest BCUT2D eigenvalue weighted by molar-refractivity contribution is -0.379. The van der Waals surface area contributed by atoms with E-state index in [4.69, 9.17) is 28.4 Å². The van der Waals surface area contributed by atoms with Crippen molar-refractivity contribution in [2.45, 2.75) is 381 Å². The van der Waals surface area contributed by atoms with Crippen LogP contribution in [0.5, 0.6) is 0 Å². The van der Waals surface area contributed by atoms with Crippen LogP contribution in [0.3, 0.4) is 0 Å². The third-order valence-corrected chi connectivity index (χ3v) is 18.0. The predicted molar refractivity (Wildman–Crippen MR) is 342 cm³/mol. The molecular formula is C69H129NO18. The Balaban J connectivity index is 1.42. The summed E-state index contributed by atoms with van der Waals surface area (Å²) in [6, 6.07) is -0.986. The van der Waals surface area contributed by atoms with Crippen molar-refractivity contribution in [1.82, 2.24) is 5.32 Å². The van der Waals surface area contributed by atoms with Crippen LogP contribution >= 0.6 is 0 Å². The molecule has 12 N–H and O–H groups in total. The highest BCUT2D eigenvalue weighted by Gasteiger charge is 2.53. The molecule has 0 aromatic rings. The fraction of sp³-hybridized carbons (Fsp3) is 0.928. The van der Waals surface area contributed by atoms with Crippen LogP contribution < -0.4 is 5.32 Å². The first-order chi connectivity index (χ1) is 42.8. The molecule has 0 bridgehead atoms. The molecule has 0 saturated carbocycles. The van der Waals surface area contributed by atoms with Gasteiger partial charge >= 0.3 is 0 Å². The second-order valence-corrected chi connectivity index (χ2v) is 25.7. The highest BCUT2D eigenvalue weighted by atomic mass is 16.8. The molecule has 1 amide bonds. The summed E-state index contributed by atoms with van der Waals surface area (Å²) in [6.07, 6.45) is 31.6. The summed E-state index contributed by atoms with van der Waals surface area (Å²) in [5, 5.41) is 120. The molecule has 17 atom stereocenters. The number of aliphatic hydroxyl groups excluding tert-OH is 11. The molecule has 3 aliphatic heterocycles. The molecule has 0 aromatic carbocycles. The average Bonchev–Trinajstić information content (AvgIpc) is 3.70. The summed E-state index contributed by atoms with van der Waals surface area (Å²) in [6.45, 7) is 1.75. The molecule has 0 aromatic heterocycles. The van der Waals surface area contributed by atoms with E-state index in [0.717, 1.165) is 38.5 Å². The maximum atomic E-state index is 13.4. The highest BCUT2D eigenvalue weighted by Crippen LogP contribution is 2.33. The van der Waals surface area contributed by atoms with Crippen molar-refractivity contribution in [1.29, 1.82) is 0 Å². The van der Waals surface area contributed by atoms with Gasteiger partial charge in [0, 0.05) is 6.42 Å². The van der Waals surface area contributed by atoms with E-state index >= 15 is 0 Å². The number of hydrogen-bond donors (Lipinski definition) is 12. The van der Waals surface area contributed by atoms with Crippen molar-refractivity contribution in [3.63, 3.8) is 0 Å². The van der Waals surface area contributed by atoms with Crippen LogP contribution in [0.1, 0.15) is 277 Å². The van der Waals surface area contributed by atoms with Crippen LogP contribution in [-0.4, -0.2) is 193 Å². The summed E-state index contributed by atoms with van der Waals surface area (Å²) < 4.78 is 34.3. The number of allylic oxidation sites excluding steroid dienone is 3. The van der Waals surface area contributed by atoms with Crippen LogP contribution in [0.15, 0.2) is 24.3 Å². The number of amides is 1. The first kappa shape index (κ1) is 80.5. The Morgan fingerprint density at radius 3 is 1.14 bits per heavy atom. The van der Waals surface area contributed by atoms with E-state index in [1.165, 1.54) is 205 Å². The van der Waals surface area contributed by atoms with Crippen molar-refractivity contribution in [3.8, 4) is 0 Å². The molecule has 3 saturated heterocycles. The van der Waals surface area contributed by atoms with Crippen molar-refractivity contribution < 1.29 is 89.4 Å². The first-order valence-corrected chi connectivity index (χ1v) is 35.6. The Labute approximate surface area is 530 Å². The zero-order chi connectivity index (χ0) is 64.0. The number of carbonyl (C=O) groups is 1. The lowest BCUT2D eigenvalue weighted by Crippen LogP contribution is -2.66. The van der Waals surface area contributed by atoms with E-state index in [1.807, 2.05) is 6.08 Å². The Bertz CT molecular complexity index is 1690. The fourth-order valence-corrected chi connectivity index (χ4v) is 12.2. The van der Waals surface area contributed by atoms with Gasteiger partial charge in [0.25, 0.3) is 0 Å². The number of hydrogen-bond acceptors (Lipinski definition) is 18. The highest BCUT2D eigenvalue weighted by molar-refractivity contribution is 5.76. The minimum Gasteiger partial charge on any atom is -0.394 e. The Morgan fingerprint density at radius 1 is 0.398 bits per heavy atom. The Hall–Kier alpha value is -1.73. The SMILES string of the molecule is CCCCCCCCCCCCC/C=C/CC/C=C/C(O)C(COC1OC(CO)C(OC2OC(CO)C(OC3OC(CO)C(O)C(O)C3O)C(O)C2O)C(O)C1O)NC(=O)CCCCCCCCCCCCCCCCCCCCCCCCCCCC. The summed E-state index contributed by atoms with van der Waals surface area (Å²) in [4.78, 5) is 13.4. The van der Waals surface area contributed by atoms with Gasteiger partial charge in [-0.2, -0.15) is 0 Å². The molecule has 3 aliphatic rings. The maximum absolute atomic E-state index is 13.4. The van der Waals surface area contributed by atoms with E-state index in [1.54, 1.807) is 6.08 Å². The molecule has 3 fully saturated rings. The van der Waals surface area contributed by atoms with E-state index in [-0.39, 0.29) is 18.9 Å². The summed E-state index contributed by atoms with van der Waals surface area (Å²) in [5.41, 5.74) is 0. The van der Waals surface area contributed by atoms with Gasteiger partial charge in [-0.05, 0) is 32.1 Å². The maximum Gasteiger partial charge on any atom is 0.220 e. The van der Waals surface area contributed by atoms with Crippen molar-refractivity contribution >= 4 is 5.91 Å². The molecule has 19 heteroatoms. The molecular weight excluding hydrogens is 1130 g/mol. The lowest BCUT2D eigenvalue weighted by atomic mass is 9.96.